The Kier molecular flexibility index (Phi) is 3.74. The molecule has 3 N–H and O–H groups in total. The van der Waals surface area contributed by atoms with Gasteiger partial charge in [-0.3, -0.25) is 10.2 Å². The summed E-state index contributed by atoms with van der Waals surface area (Å²) in [6, 6.07) is 10.6. The SMILES string of the molecule is N=C(C(=O)N1CCOc2ncccc2C1)c1ccccc1N.[HH]. The van der Waals surface area contributed by atoms with Crippen LogP contribution in [-0.2, 0) is 11.3 Å². The number of anilines is 1. The van der Waals surface area contributed by atoms with Gasteiger partial charge in [-0.2, -0.15) is 0 Å². The van der Waals surface area contributed by atoms with Crippen molar-refractivity contribution in [1.29, 1.82) is 5.41 Å². The van der Waals surface area contributed by atoms with Crippen LogP contribution in [-0.4, -0.2) is 34.7 Å². The second-order valence-corrected chi connectivity index (χ2v) is 5.01. The van der Waals surface area contributed by atoms with Gasteiger partial charge >= 0.3 is 0 Å². The lowest BCUT2D eigenvalue weighted by atomic mass is 10.1. The summed E-state index contributed by atoms with van der Waals surface area (Å²) in [6.07, 6.45) is 1.66. The molecule has 22 heavy (non-hydrogen) atoms. The number of ether oxygens (including phenoxy) is 1. The van der Waals surface area contributed by atoms with Crippen molar-refractivity contribution in [3.05, 3.63) is 53.7 Å². The molecule has 6 nitrogen and oxygen atoms in total. The number of fused-ring (bicyclic) bond motifs is 1. The molecule has 1 aromatic carbocycles. The fourth-order valence-corrected chi connectivity index (χ4v) is 2.38. The summed E-state index contributed by atoms with van der Waals surface area (Å²) in [5, 5.41) is 8.14. The number of aromatic nitrogens is 1. The number of nitrogens with one attached hydrogen (secondary N) is 1. The molecule has 0 saturated heterocycles. The quantitative estimate of drug-likeness (QED) is 0.652. The molecule has 0 saturated carbocycles. The average Bonchev–Trinajstić information content (AvgIpc) is 2.76. The van der Waals surface area contributed by atoms with E-state index in [1.807, 2.05) is 6.07 Å². The first-order chi connectivity index (χ1) is 10.7. The van der Waals surface area contributed by atoms with Gasteiger partial charge in [0.1, 0.15) is 12.3 Å². The zero-order chi connectivity index (χ0) is 15.5. The third-order valence-corrected chi connectivity index (χ3v) is 3.54. The fourth-order valence-electron chi connectivity index (χ4n) is 2.38. The van der Waals surface area contributed by atoms with Crippen molar-refractivity contribution < 1.29 is 11.0 Å². The van der Waals surface area contributed by atoms with E-state index in [0.717, 1.165) is 5.56 Å². The molecule has 114 valence electrons. The van der Waals surface area contributed by atoms with Gasteiger partial charge in [0.15, 0.2) is 0 Å². The van der Waals surface area contributed by atoms with Crippen molar-refractivity contribution >= 4 is 17.3 Å². The van der Waals surface area contributed by atoms with Gasteiger partial charge in [-0.15, -0.1) is 0 Å². The Bertz CT molecular complexity index is 736. The first-order valence-electron chi connectivity index (χ1n) is 6.96. The molecule has 0 unspecified atom stereocenters. The Morgan fingerprint density at radius 2 is 2.14 bits per heavy atom. The summed E-state index contributed by atoms with van der Waals surface area (Å²) in [5.41, 5.74) is 7.45. The van der Waals surface area contributed by atoms with Gasteiger partial charge in [-0.25, -0.2) is 4.98 Å². The van der Waals surface area contributed by atoms with Crippen molar-refractivity contribution in [2.75, 3.05) is 18.9 Å². The Morgan fingerprint density at radius 3 is 2.95 bits per heavy atom. The highest BCUT2D eigenvalue weighted by Crippen LogP contribution is 2.21. The molecular formula is C16H18N4O2. The van der Waals surface area contributed by atoms with E-state index < -0.39 is 0 Å². The lowest BCUT2D eigenvalue weighted by Crippen LogP contribution is -2.37. The van der Waals surface area contributed by atoms with Crippen LogP contribution in [0.5, 0.6) is 5.88 Å². The largest absolute Gasteiger partial charge is 0.476 e. The number of para-hydroxylation sites is 1. The van der Waals surface area contributed by atoms with E-state index in [1.165, 1.54) is 0 Å². The highest BCUT2D eigenvalue weighted by Gasteiger charge is 2.24. The normalized spacial score (nSPS) is 13.7. The van der Waals surface area contributed by atoms with Gasteiger partial charge in [-0.1, -0.05) is 24.3 Å². The topological polar surface area (TPSA) is 92.3 Å². The Hall–Kier alpha value is -2.89. The highest BCUT2D eigenvalue weighted by molar-refractivity contribution is 6.45. The van der Waals surface area contributed by atoms with Crippen molar-refractivity contribution in [2.24, 2.45) is 0 Å². The number of rotatable bonds is 2. The van der Waals surface area contributed by atoms with Crippen molar-refractivity contribution in [1.82, 2.24) is 9.88 Å². The molecule has 0 fully saturated rings. The minimum Gasteiger partial charge on any atom is -0.476 e. The number of carbonyl (C=O) groups is 1. The van der Waals surface area contributed by atoms with E-state index >= 15 is 0 Å². The molecule has 3 rings (SSSR count). The third kappa shape index (κ3) is 2.63. The van der Waals surface area contributed by atoms with E-state index in [4.69, 9.17) is 15.9 Å². The summed E-state index contributed by atoms with van der Waals surface area (Å²) >= 11 is 0. The van der Waals surface area contributed by atoms with Gasteiger partial charge in [0.25, 0.3) is 5.91 Å². The van der Waals surface area contributed by atoms with Crippen LogP contribution < -0.4 is 10.5 Å². The fraction of sp³-hybridized carbons (Fsp3) is 0.188. The number of hydrogen-bond acceptors (Lipinski definition) is 5. The summed E-state index contributed by atoms with van der Waals surface area (Å²) in [5.74, 6) is 0.182. The number of pyridine rings is 1. The van der Waals surface area contributed by atoms with Crippen molar-refractivity contribution in [3.8, 4) is 5.88 Å². The summed E-state index contributed by atoms with van der Waals surface area (Å²) < 4.78 is 5.54. The van der Waals surface area contributed by atoms with Crippen molar-refractivity contribution in [3.63, 3.8) is 0 Å². The zero-order valence-corrected chi connectivity index (χ0v) is 12.0. The predicted molar refractivity (Wildman–Crippen MR) is 84.9 cm³/mol. The molecule has 0 spiro atoms. The maximum Gasteiger partial charge on any atom is 0.272 e. The van der Waals surface area contributed by atoms with Gasteiger partial charge in [0.05, 0.1) is 13.1 Å². The monoisotopic (exact) mass is 298 g/mol. The molecular weight excluding hydrogens is 280 g/mol. The number of hydrogen-bond donors (Lipinski definition) is 2. The molecule has 0 aliphatic carbocycles. The first-order valence-corrected chi connectivity index (χ1v) is 6.96. The summed E-state index contributed by atoms with van der Waals surface area (Å²) in [4.78, 5) is 18.3. The molecule has 6 heteroatoms. The molecule has 2 heterocycles. The van der Waals surface area contributed by atoms with Gasteiger partial charge < -0.3 is 15.4 Å². The van der Waals surface area contributed by atoms with E-state index in [1.54, 1.807) is 41.4 Å². The van der Waals surface area contributed by atoms with E-state index in [0.29, 0.717) is 36.8 Å². The smallest absolute Gasteiger partial charge is 0.272 e. The van der Waals surface area contributed by atoms with Crippen LogP contribution in [0.2, 0.25) is 0 Å². The number of benzene rings is 1. The molecule has 0 bridgehead atoms. The van der Waals surface area contributed by atoms with E-state index in [9.17, 15) is 4.79 Å². The maximum absolute atomic E-state index is 12.6. The number of nitrogen functional groups attached to an aromatic ring is 1. The first kappa shape index (κ1) is 14.1. The number of carbonyl (C=O) groups excluding carboxylic acids is 1. The third-order valence-electron chi connectivity index (χ3n) is 3.54. The van der Waals surface area contributed by atoms with Crippen LogP contribution in [0.3, 0.4) is 0 Å². The lowest BCUT2D eigenvalue weighted by Gasteiger charge is -2.20. The van der Waals surface area contributed by atoms with Crippen LogP contribution in [0, 0.1) is 5.41 Å². The molecule has 0 atom stereocenters. The highest BCUT2D eigenvalue weighted by atomic mass is 16.5. The van der Waals surface area contributed by atoms with E-state index in [2.05, 4.69) is 4.98 Å². The number of nitrogens with two attached hydrogens (primary N) is 1. The number of nitrogens with zero attached hydrogens (tertiary/aromatic N) is 2. The Balaban J connectivity index is 0.00000192. The zero-order valence-electron chi connectivity index (χ0n) is 12.0. The van der Waals surface area contributed by atoms with Crippen LogP contribution >= 0.6 is 0 Å². The van der Waals surface area contributed by atoms with Crippen LogP contribution in [0.15, 0.2) is 42.6 Å². The van der Waals surface area contributed by atoms with Crippen LogP contribution in [0.25, 0.3) is 0 Å². The van der Waals surface area contributed by atoms with Gasteiger partial charge in [-0.05, 0) is 12.1 Å². The minimum absolute atomic E-state index is 0. The molecule has 1 aliphatic rings. The number of amides is 1. The molecule has 1 aliphatic heterocycles. The molecule has 0 radical (unpaired) electrons. The molecule has 1 aromatic heterocycles. The molecule has 2 aromatic rings. The summed E-state index contributed by atoms with van der Waals surface area (Å²) in [6.45, 7) is 1.13. The second kappa shape index (κ2) is 5.85. The predicted octanol–water partition coefficient (Wildman–Crippen LogP) is 1.70. The minimum atomic E-state index is -0.363. The Morgan fingerprint density at radius 1 is 1.32 bits per heavy atom. The average molecular weight is 298 g/mol. The second-order valence-electron chi connectivity index (χ2n) is 5.01. The van der Waals surface area contributed by atoms with Crippen molar-refractivity contribution in [2.45, 2.75) is 6.54 Å². The molecule has 1 amide bonds. The summed E-state index contributed by atoms with van der Waals surface area (Å²) in [7, 11) is 0. The van der Waals surface area contributed by atoms with Gasteiger partial charge in [0.2, 0.25) is 5.88 Å². The van der Waals surface area contributed by atoms with Crippen LogP contribution in [0.1, 0.15) is 12.6 Å². The van der Waals surface area contributed by atoms with E-state index in [-0.39, 0.29) is 13.0 Å². The Labute approximate surface area is 129 Å². The van der Waals surface area contributed by atoms with Gasteiger partial charge in [0, 0.05) is 24.4 Å². The standard InChI is InChI=1S/C16H16N4O2.H2/c17-13-6-2-1-5-12(13)14(18)16(21)20-8-9-22-15-11(10-20)4-3-7-19-15;/h1-7,18H,8-10,17H2;1H. The lowest BCUT2D eigenvalue weighted by molar-refractivity contribution is -0.124. The van der Waals surface area contributed by atoms with Crippen LogP contribution in [0.4, 0.5) is 5.69 Å². The maximum atomic E-state index is 12.6.